The molecule has 0 bridgehead atoms. The molecule has 0 saturated carbocycles. The van der Waals surface area contributed by atoms with E-state index in [-0.39, 0.29) is 17.7 Å². The van der Waals surface area contributed by atoms with Crippen LogP contribution in [-0.2, 0) is 20.7 Å². The maximum absolute atomic E-state index is 12.6. The summed E-state index contributed by atoms with van der Waals surface area (Å²) in [6.07, 6.45) is -3.14. The number of carboxylic acid groups (broad SMARTS) is 2. The predicted molar refractivity (Wildman–Crippen MR) is 102 cm³/mol. The molecule has 2 atom stereocenters. The Labute approximate surface area is 178 Å². The van der Waals surface area contributed by atoms with Gasteiger partial charge in [-0.25, -0.2) is 14.4 Å². The zero-order valence-electron chi connectivity index (χ0n) is 15.9. The Morgan fingerprint density at radius 1 is 0.938 bits per heavy atom. The lowest BCUT2D eigenvalue weighted by molar-refractivity contribution is -0.136. The molecule has 1 heterocycles. The number of aliphatic carboxylic acids is 2. The summed E-state index contributed by atoms with van der Waals surface area (Å²) < 4.78 is 10.7. The van der Waals surface area contributed by atoms with Crippen LogP contribution in [0.5, 0.6) is 34.5 Å². The first-order valence-electron chi connectivity index (χ1n) is 8.83. The van der Waals surface area contributed by atoms with Gasteiger partial charge < -0.3 is 45.2 Å². The summed E-state index contributed by atoms with van der Waals surface area (Å²) in [5.41, 5.74) is -1.16. The molecule has 168 valence electrons. The first-order chi connectivity index (χ1) is 15.0. The normalized spacial score (nSPS) is 17.7. The standard InChI is InChI=1S/C20H16O12/c21-8-3-11(22)9-5-15(32-20(30)7-1-12(23)17(27)13(24)2-7)18(31-14(9)4-8)10(19(28)29)6-16(25)26/h1-4,6,15,18,21-24,27H,5H2,(H,25,26)(H,28,29)/b10-6-/t15-,18-/m1/s1. The van der Waals surface area contributed by atoms with Gasteiger partial charge in [0, 0.05) is 30.2 Å². The summed E-state index contributed by atoms with van der Waals surface area (Å²) in [4.78, 5) is 35.3. The van der Waals surface area contributed by atoms with Crippen molar-refractivity contribution in [2.45, 2.75) is 18.6 Å². The first-order valence-corrected chi connectivity index (χ1v) is 8.83. The number of phenolic OH excluding ortho intramolecular Hbond substituents is 5. The second kappa shape index (κ2) is 8.26. The molecule has 32 heavy (non-hydrogen) atoms. The minimum atomic E-state index is -1.69. The van der Waals surface area contributed by atoms with Gasteiger partial charge in [-0.1, -0.05) is 0 Å². The molecule has 0 radical (unpaired) electrons. The topological polar surface area (TPSA) is 211 Å². The smallest absolute Gasteiger partial charge is 0.338 e. The van der Waals surface area contributed by atoms with Crippen molar-refractivity contribution in [3.63, 3.8) is 0 Å². The summed E-state index contributed by atoms with van der Waals surface area (Å²) in [6, 6.07) is 3.61. The van der Waals surface area contributed by atoms with Crippen LogP contribution in [0.3, 0.4) is 0 Å². The van der Waals surface area contributed by atoms with Gasteiger partial charge in [-0.3, -0.25) is 0 Å². The number of phenols is 5. The van der Waals surface area contributed by atoms with Gasteiger partial charge in [-0.15, -0.1) is 0 Å². The largest absolute Gasteiger partial charge is 0.508 e. The number of ether oxygens (including phenoxy) is 2. The second-order valence-corrected chi connectivity index (χ2v) is 6.73. The van der Waals surface area contributed by atoms with Crippen LogP contribution in [0.2, 0.25) is 0 Å². The quantitative estimate of drug-likeness (QED) is 0.193. The van der Waals surface area contributed by atoms with Crippen molar-refractivity contribution in [1.29, 1.82) is 0 Å². The second-order valence-electron chi connectivity index (χ2n) is 6.73. The van der Waals surface area contributed by atoms with Crippen LogP contribution in [0, 0.1) is 0 Å². The van der Waals surface area contributed by atoms with Crippen LogP contribution < -0.4 is 4.74 Å². The highest BCUT2D eigenvalue weighted by atomic mass is 16.6. The SMILES string of the molecule is O=C(O)/C=C(\C(=O)O)[C@H]1Oc2cc(O)cc(O)c2C[C@H]1OC(=O)c1cc(O)c(O)c(O)c1. The minimum absolute atomic E-state index is 0.0494. The number of benzene rings is 2. The average Bonchev–Trinajstić information content (AvgIpc) is 2.69. The fourth-order valence-corrected chi connectivity index (χ4v) is 3.14. The maximum Gasteiger partial charge on any atom is 0.338 e. The van der Waals surface area contributed by atoms with Gasteiger partial charge in [0.25, 0.3) is 0 Å². The van der Waals surface area contributed by atoms with Crippen LogP contribution in [0.1, 0.15) is 15.9 Å². The van der Waals surface area contributed by atoms with E-state index in [9.17, 15) is 45.0 Å². The molecule has 0 spiro atoms. The zero-order valence-corrected chi connectivity index (χ0v) is 15.9. The molecule has 12 nitrogen and oxygen atoms in total. The number of hydrogen-bond donors (Lipinski definition) is 7. The molecule has 2 aromatic rings. The Morgan fingerprint density at radius 2 is 1.56 bits per heavy atom. The highest BCUT2D eigenvalue weighted by molar-refractivity contribution is 5.96. The number of esters is 1. The van der Waals surface area contributed by atoms with Crippen molar-refractivity contribution in [2.24, 2.45) is 0 Å². The molecule has 0 amide bonds. The van der Waals surface area contributed by atoms with Crippen molar-refractivity contribution in [3.05, 3.63) is 47.0 Å². The lowest BCUT2D eigenvalue weighted by Crippen LogP contribution is -2.44. The van der Waals surface area contributed by atoms with E-state index in [0.717, 1.165) is 24.3 Å². The summed E-state index contributed by atoms with van der Waals surface area (Å²) >= 11 is 0. The molecule has 0 saturated heterocycles. The van der Waals surface area contributed by atoms with E-state index in [1.54, 1.807) is 0 Å². The highest BCUT2D eigenvalue weighted by Crippen LogP contribution is 2.41. The maximum atomic E-state index is 12.6. The Hall–Kier alpha value is -4.61. The van der Waals surface area contributed by atoms with Crippen LogP contribution in [0.25, 0.3) is 0 Å². The fraction of sp³-hybridized carbons (Fsp3) is 0.150. The van der Waals surface area contributed by atoms with E-state index >= 15 is 0 Å². The van der Waals surface area contributed by atoms with Crippen molar-refractivity contribution < 1.29 is 59.6 Å². The van der Waals surface area contributed by atoms with Gasteiger partial charge in [-0.05, 0) is 12.1 Å². The third-order valence-corrected chi connectivity index (χ3v) is 4.56. The predicted octanol–water partition coefficient (Wildman–Crippen LogP) is 0.839. The van der Waals surface area contributed by atoms with Gasteiger partial charge in [0.15, 0.2) is 23.4 Å². The average molecular weight is 448 g/mol. The summed E-state index contributed by atoms with van der Waals surface area (Å²) in [5, 5.41) is 66.8. The number of fused-ring (bicyclic) bond motifs is 1. The number of carboxylic acids is 2. The van der Waals surface area contributed by atoms with Gasteiger partial charge in [0.05, 0.1) is 11.1 Å². The Bertz CT molecular complexity index is 1130. The number of hydrogen-bond acceptors (Lipinski definition) is 10. The zero-order chi connectivity index (χ0) is 23.7. The Morgan fingerprint density at radius 3 is 2.12 bits per heavy atom. The number of carbonyl (C=O) groups excluding carboxylic acids is 1. The number of rotatable bonds is 5. The van der Waals surface area contributed by atoms with Gasteiger partial charge in [0.1, 0.15) is 23.4 Å². The minimum Gasteiger partial charge on any atom is -0.508 e. The van der Waals surface area contributed by atoms with E-state index in [1.165, 1.54) is 0 Å². The van der Waals surface area contributed by atoms with Crippen molar-refractivity contribution >= 4 is 17.9 Å². The molecule has 1 aliphatic heterocycles. The molecule has 0 unspecified atom stereocenters. The van der Waals surface area contributed by atoms with Gasteiger partial charge in [0.2, 0.25) is 0 Å². The Balaban J connectivity index is 2.04. The van der Waals surface area contributed by atoms with E-state index < -0.39 is 70.0 Å². The molecule has 2 aromatic carbocycles. The van der Waals surface area contributed by atoms with Crippen molar-refractivity contribution in [2.75, 3.05) is 0 Å². The van der Waals surface area contributed by atoms with Gasteiger partial charge in [-0.2, -0.15) is 0 Å². The van der Waals surface area contributed by atoms with Crippen LogP contribution >= 0.6 is 0 Å². The fourth-order valence-electron chi connectivity index (χ4n) is 3.14. The molecule has 0 aliphatic carbocycles. The summed E-state index contributed by atoms with van der Waals surface area (Å²) in [5.74, 6) is -8.04. The van der Waals surface area contributed by atoms with E-state index in [4.69, 9.17) is 14.6 Å². The third kappa shape index (κ3) is 4.28. The third-order valence-electron chi connectivity index (χ3n) is 4.56. The molecule has 0 fully saturated rings. The van der Waals surface area contributed by atoms with E-state index in [1.807, 2.05) is 0 Å². The van der Waals surface area contributed by atoms with Crippen LogP contribution in [0.4, 0.5) is 0 Å². The molecule has 0 aromatic heterocycles. The number of carbonyl (C=O) groups is 3. The molecule has 1 aliphatic rings. The van der Waals surface area contributed by atoms with Crippen molar-refractivity contribution in [1.82, 2.24) is 0 Å². The van der Waals surface area contributed by atoms with E-state index in [0.29, 0.717) is 6.08 Å². The number of aromatic hydroxyl groups is 5. The molecule has 7 N–H and O–H groups in total. The highest BCUT2D eigenvalue weighted by Gasteiger charge is 2.40. The molecular weight excluding hydrogens is 432 g/mol. The van der Waals surface area contributed by atoms with E-state index in [2.05, 4.69) is 0 Å². The van der Waals surface area contributed by atoms with Crippen LogP contribution in [-0.4, -0.2) is 65.9 Å². The molecule has 3 rings (SSSR count). The van der Waals surface area contributed by atoms with Crippen LogP contribution in [0.15, 0.2) is 35.9 Å². The lowest BCUT2D eigenvalue weighted by atomic mass is 9.93. The first kappa shape index (κ1) is 22.1. The monoisotopic (exact) mass is 448 g/mol. The molecular formula is C20H16O12. The Kier molecular flexibility index (Phi) is 5.70. The lowest BCUT2D eigenvalue weighted by Gasteiger charge is -2.33. The summed E-state index contributed by atoms with van der Waals surface area (Å²) in [7, 11) is 0. The summed E-state index contributed by atoms with van der Waals surface area (Å²) in [6.45, 7) is 0. The molecule has 12 heteroatoms. The van der Waals surface area contributed by atoms with Gasteiger partial charge >= 0.3 is 17.9 Å². The van der Waals surface area contributed by atoms with Crippen molar-refractivity contribution in [3.8, 4) is 34.5 Å².